The van der Waals surface area contributed by atoms with Crippen LogP contribution >= 0.6 is 0 Å². The number of nitrogens with zero attached hydrogens (tertiary/aromatic N) is 1. The first-order valence-corrected chi connectivity index (χ1v) is 5.42. The van der Waals surface area contributed by atoms with E-state index in [1.807, 2.05) is 14.0 Å². The van der Waals surface area contributed by atoms with Crippen molar-refractivity contribution in [1.82, 2.24) is 0 Å². The van der Waals surface area contributed by atoms with E-state index in [2.05, 4.69) is 18.7 Å². The van der Waals surface area contributed by atoms with Crippen molar-refractivity contribution in [3.63, 3.8) is 0 Å². The van der Waals surface area contributed by atoms with E-state index in [0.29, 0.717) is 5.56 Å². The van der Waals surface area contributed by atoms with Crippen molar-refractivity contribution < 1.29 is 9.90 Å². The summed E-state index contributed by atoms with van der Waals surface area (Å²) in [6.07, 6.45) is 0. The van der Waals surface area contributed by atoms with Gasteiger partial charge in [-0.3, -0.25) is 0 Å². The van der Waals surface area contributed by atoms with Gasteiger partial charge in [0.25, 0.3) is 0 Å². The fraction of sp³-hybridized carbons (Fsp3) is 0.462. The van der Waals surface area contributed by atoms with E-state index in [0.717, 1.165) is 17.8 Å². The number of hydrogen-bond donors (Lipinski definition) is 1. The Morgan fingerprint density at radius 1 is 1.44 bits per heavy atom. The molecule has 1 heterocycles. The van der Waals surface area contributed by atoms with Gasteiger partial charge >= 0.3 is 5.97 Å². The van der Waals surface area contributed by atoms with Crippen molar-refractivity contribution in [3.8, 4) is 0 Å². The predicted molar refractivity (Wildman–Crippen MR) is 64.4 cm³/mol. The van der Waals surface area contributed by atoms with E-state index >= 15 is 0 Å². The lowest BCUT2D eigenvalue weighted by Gasteiger charge is -2.20. The number of anilines is 1. The number of aromatic carboxylic acids is 1. The zero-order valence-electron chi connectivity index (χ0n) is 10.2. The van der Waals surface area contributed by atoms with Crippen LogP contribution in [0.4, 0.5) is 5.69 Å². The molecule has 1 aliphatic heterocycles. The van der Waals surface area contributed by atoms with Crippen LogP contribution in [0.3, 0.4) is 0 Å². The highest BCUT2D eigenvalue weighted by atomic mass is 16.4. The molecular weight excluding hydrogens is 202 g/mol. The number of hydrogen-bond acceptors (Lipinski definition) is 2. The van der Waals surface area contributed by atoms with E-state index in [4.69, 9.17) is 5.11 Å². The molecule has 2 rings (SSSR count). The van der Waals surface area contributed by atoms with E-state index < -0.39 is 5.97 Å². The molecule has 0 saturated heterocycles. The Labute approximate surface area is 95.7 Å². The third-order valence-electron chi connectivity index (χ3n) is 3.28. The molecule has 0 radical (unpaired) electrons. The Hall–Kier alpha value is -1.51. The van der Waals surface area contributed by atoms with Crippen molar-refractivity contribution in [1.29, 1.82) is 0 Å². The minimum absolute atomic E-state index is 0.102. The summed E-state index contributed by atoms with van der Waals surface area (Å²) in [5.74, 6) is -0.857. The number of fused-ring (bicyclic) bond motifs is 1. The molecule has 0 aromatic heterocycles. The van der Waals surface area contributed by atoms with E-state index in [1.54, 1.807) is 12.1 Å². The molecule has 0 bridgehead atoms. The van der Waals surface area contributed by atoms with Crippen LogP contribution in [0, 0.1) is 6.92 Å². The Morgan fingerprint density at radius 3 is 2.62 bits per heavy atom. The van der Waals surface area contributed by atoms with Gasteiger partial charge in [0.2, 0.25) is 0 Å². The summed E-state index contributed by atoms with van der Waals surface area (Å²) in [6.45, 7) is 7.32. The number of carboxylic acid groups (broad SMARTS) is 1. The Morgan fingerprint density at radius 2 is 2.06 bits per heavy atom. The van der Waals surface area contributed by atoms with Gasteiger partial charge in [0.05, 0.1) is 5.56 Å². The molecule has 16 heavy (non-hydrogen) atoms. The van der Waals surface area contributed by atoms with E-state index in [-0.39, 0.29) is 5.41 Å². The largest absolute Gasteiger partial charge is 0.478 e. The summed E-state index contributed by atoms with van der Waals surface area (Å²) in [7, 11) is 2.01. The van der Waals surface area contributed by atoms with Crippen molar-refractivity contribution in [3.05, 3.63) is 28.8 Å². The van der Waals surface area contributed by atoms with E-state index in [1.165, 1.54) is 5.56 Å². The predicted octanol–water partition coefficient (Wildman–Crippen LogP) is 2.42. The molecule has 86 valence electrons. The molecule has 1 aromatic rings. The lowest BCUT2D eigenvalue weighted by atomic mass is 9.83. The van der Waals surface area contributed by atoms with E-state index in [9.17, 15) is 4.79 Å². The molecule has 3 nitrogen and oxygen atoms in total. The monoisotopic (exact) mass is 219 g/mol. The number of aryl methyl sites for hydroxylation is 1. The molecule has 0 fully saturated rings. The van der Waals surface area contributed by atoms with Gasteiger partial charge in [-0.25, -0.2) is 4.79 Å². The molecule has 1 N–H and O–H groups in total. The maximum Gasteiger partial charge on any atom is 0.335 e. The summed E-state index contributed by atoms with van der Waals surface area (Å²) < 4.78 is 0. The molecule has 0 unspecified atom stereocenters. The van der Waals surface area contributed by atoms with Gasteiger partial charge in [0, 0.05) is 24.7 Å². The smallest absolute Gasteiger partial charge is 0.335 e. The molecule has 0 spiro atoms. The average molecular weight is 219 g/mol. The summed E-state index contributed by atoms with van der Waals surface area (Å²) in [5.41, 5.74) is 3.89. The van der Waals surface area contributed by atoms with Gasteiger partial charge in [-0.2, -0.15) is 0 Å². The van der Waals surface area contributed by atoms with Crippen LogP contribution in [0.1, 0.15) is 35.3 Å². The van der Waals surface area contributed by atoms with Crippen molar-refractivity contribution >= 4 is 11.7 Å². The Bertz CT molecular complexity index is 463. The summed E-state index contributed by atoms with van der Waals surface area (Å²) in [6, 6.07) is 3.54. The zero-order valence-corrected chi connectivity index (χ0v) is 10.2. The molecule has 3 heteroatoms. The second kappa shape index (κ2) is 3.24. The third-order valence-corrected chi connectivity index (χ3v) is 3.28. The fourth-order valence-electron chi connectivity index (χ4n) is 2.83. The molecule has 0 amide bonds. The molecule has 1 aliphatic rings. The Kier molecular flexibility index (Phi) is 2.22. The standard InChI is InChI=1S/C13H17NO2/c1-8-5-9(12(15)16)6-10-11(8)13(2,3)7-14(10)4/h5-6H,7H2,1-4H3,(H,15,16). The second-order valence-electron chi connectivity index (χ2n) is 5.23. The quantitative estimate of drug-likeness (QED) is 0.788. The highest BCUT2D eigenvalue weighted by molar-refractivity contribution is 5.90. The van der Waals surface area contributed by atoms with Gasteiger partial charge in [-0.1, -0.05) is 13.8 Å². The van der Waals surface area contributed by atoms with Crippen LogP contribution in [-0.4, -0.2) is 24.7 Å². The van der Waals surface area contributed by atoms with Crippen LogP contribution in [0.5, 0.6) is 0 Å². The Balaban J connectivity index is 2.67. The van der Waals surface area contributed by atoms with Crippen LogP contribution in [0.2, 0.25) is 0 Å². The maximum absolute atomic E-state index is 11.0. The van der Waals surface area contributed by atoms with Crippen molar-refractivity contribution in [2.24, 2.45) is 0 Å². The van der Waals surface area contributed by atoms with Gasteiger partial charge < -0.3 is 10.0 Å². The SMILES string of the molecule is Cc1cc(C(=O)O)cc2c1C(C)(C)CN2C. The second-order valence-corrected chi connectivity index (χ2v) is 5.23. The highest BCUT2D eigenvalue weighted by Gasteiger charge is 2.35. The minimum atomic E-state index is -0.857. The van der Waals surface area contributed by atoms with Crippen LogP contribution < -0.4 is 4.90 Å². The first-order valence-electron chi connectivity index (χ1n) is 5.42. The normalized spacial score (nSPS) is 17.4. The average Bonchev–Trinajstić information content (AvgIpc) is 2.37. The molecule has 0 aliphatic carbocycles. The number of rotatable bonds is 1. The number of carboxylic acids is 1. The molecule has 0 atom stereocenters. The van der Waals surface area contributed by atoms with Crippen molar-refractivity contribution in [2.75, 3.05) is 18.5 Å². The van der Waals surface area contributed by atoms with Gasteiger partial charge in [0.1, 0.15) is 0 Å². The first-order chi connectivity index (χ1) is 7.33. The van der Waals surface area contributed by atoms with Crippen LogP contribution in [0.25, 0.3) is 0 Å². The lowest BCUT2D eigenvalue weighted by molar-refractivity contribution is 0.0697. The van der Waals surface area contributed by atoms with Gasteiger partial charge in [0.15, 0.2) is 0 Å². The number of carbonyl (C=O) groups is 1. The van der Waals surface area contributed by atoms with Gasteiger partial charge in [-0.05, 0) is 30.2 Å². The number of benzene rings is 1. The molecular formula is C13H17NO2. The third kappa shape index (κ3) is 1.47. The maximum atomic E-state index is 11.0. The topological polar surface area (TPSA) is 40.5 Å². The summed E-state index contributed by atoms with van der Waals surface area (Å²) in [4.78, 5) is 13.1. The van der Waals surface area contributed by atoms with Gasteiger partial charge in [-0.15, -0.1) is 0 Å². The van der Waals surface area contributed by atoms with Crippen LogP contribution in [0.15, 0.2) is 12.1 Å². The summed E-state index contributed by atoms with van der Waals surface area (Å²) in [5, 5.41) is 9.04. The lowest BCUT2D eigenvalue weighted by Crippen LogP contribution is -2.25. The minimum Gasteiger partial charge on any atom is -0.478 e. The molecule has 1 aromatic carbocycles. The highest BCUT2D eigenvalue weighted by Crippen LogP contribution is 2.42. The van der Waals surface area contributed by atoms with Crippen molar-refractivity contribution in [2.45, 2.75) is 26.2 Å². The fourth-order valence-corrected chi connectivity index (χ4v) is 2.83. The summed E-state index contributed by atoms with van der Waals surface area (Å²) >= 11 is 0. The number of likely N-dealkylation sites (N-methyl/N-ethyl adjacent to an activating group) is 1. The molecule has 0 saturated carbocycles. The zero-order chi connectivity index (χ0) is 12.1. The first kappa shape index (κ1) is 11.0. The van der Waals surface area contributed by atoms with Crippen LogP contribution in [-0.2, 0) is 5.41 Å².